The van der Waals surface area contributed by atoms with E-state index in [0.29, 0.717) is 5.78 Å². The van der Waals surface area contributed by atoms with Gasteiger partial charge in [-0.25, -0.2) is 4.98 Å². The fraction of sp³-hybridized carbons (Fsp3) is 0.208. The van der Waals surface area contributed by atoms with Gasteiger partial charge in [-0.3, -0.25) is 0 Å². The zero-order valence-electron chi connectivity index (χ0n) is 16.2. The Morgan fingerprint density at radius 1 is 0.893 bits per heavy atom. The molecule has 1 aliphatic rings. The number of benzene rings is 2. The zero-order valence-corrected chi connectivity index (χ0v) is 16.2. The molecule has 0 fully saturated rings. The molecule has 0 atom stereocenters. The van der Waals surface area contributed by atoms with Gasteiger partial charge in [0.1, 0.15) is 6.33 Å². The highest BCUT2D eigenvalue weighted by molar-refractivity contribution is 5.85. The fourth-order valence-corrected chi connectivity index (χ4v) is 3.97. The Morgan fingerprint density at radius 3 is 2.36 bits per heavy atom. The number of fused-ring (bicyclic) bond motifs is 2. The molecule has 0 N–H and O–H groups in total. The van der Waals surface area contributed by atoms with Crippen molar-refractivity contribution >= 4 is 17.4 Å². The van der Waals surface area contributed by atoms with Crippen molar-refractivity contribution in [2.24, 2.45) is 0 Å². The normalized spacial score (nSPS) is 15.1. The zero-order chi connectivity index (χ0) is 19.1. The Labute approximate surface area is 164 Å². The van der Waals surface area contributed by atoms with E-state index >= 15 is 0 Å². The van der Waals surface area contributed by atoms with Crippen LogP contribution in [0, 0.1) is 13.8 Å². The number of allylic oxidation sites excluding steroid dienone is 1. The second-order valence-corrected chi connectivity index (χ2v) is 7.56. The van der Waals surface area contributed by atoms with Gasteiger partial charge in [0, 0.05) is 11.1 Å². The maximum absolute atomic E-state index is 4.90. The molecular weight excluding hydrogens is 344 g/mol. The highest BCUT2D eigenvalue weighted by Crippen LogP contribution is 2.37. The van der Waals surface area contributed by atoms with Gasteiger partial charge in [0.05, 0.1) is 11.4 Å². The molecule has 0 spiro atoms. The average Bonchev–Trinajstić information content (AvgIpc) is 3.17. The fourth-order valence-electron chi connectivity index (χ4n) is 3.97. The van der Waals surface area contributed by atoms with E-state index in [-0.39, 0.29) is 0 Å². The summed E-state index contributed by atoms with van der Waals surface area (Å²) < 4.78 is 1.89. The molecule has 5 rings (SSSR count). The molecule has 0 aliphatic heterocycles. The highest BCUT2D eigenvalue weighted by atomic mass is 15.3. The van der Waals surface area contributed by atoms with Gasteiger partial charge in [-0.2, -0.15) is 14.6 Å². The maximum Gasteiger partial charge on any atom is 0.253 e. The van der Waals surface area contributed by atoms with E-state index in [1.807, 2.05) is 4.52 Å². The molecule has 0 bridgehead atoms. The van der Waals surface area contributed by atoms with Crippen molar-refractivity contribution in [1.82, 2.24) is 19.6 Å². The van der Waals surface area contributed by atoms with Crippen LogP contribution in [-0.2, 0) is 6.42 Å². The number of rotatable bonds is 2. The lowest BCUT2D eigenvalue weighted by atomic mass is 9.87. The molecular formula is C24H22N4. The Morgan fingerprint density at radius 2 is 1.61 bits per heavy atom. The molecule has 0 saturated carbocycles. The second kappa shape index (κ2) is 6.71. The van der Waals surface area contributed by atoms with Gasteiger partial charge in [-0.15, -0.1) is 0 Å². The predicted octanol–water partition coefficient (Wildman–Crippen LogP) is 5.29. The van der Waals surface area contributed by atoms with Gasteiger partial charge in [-0.05, 0) is 50.3 Å². The minimum absolute atomic E-state index is 0.658. The molecule has 138 valence electrons. The smallest absolute Gasteiger partial charge is 0.211 e. The molecule has 28 heavy (non-hydrogen) atoms. The van der Waals surface area contributed by atoms with E-state index in [1.165, 1.54) is 27.8 Å². The molecule has 1 aliphatic carbocycles. The second-order valence-electron chi connectivity index (χ2n) is 7.56. The van der Waals surface area contributed by atoms with Crippen LogP contribution in [0.3, 0.4) is 0 Å². The quantitative estimate of drug-likeness (QED) is 0.484. The first-order valence-electron chi connectivity index (χ1n) is 9.76. The summed E-state index contributed by atoms with van der Waals surface area (Å²) >= 11 is 0. The van der Waals surface area contributed by atoms with Gasteiger partial charge < -0.3 is 0 Å². The summed E-state index contributed by atoms with van der Waals surface area (Å²) in [5.74, 6) is 0.658. The van der Waals surface area contributed by atoms with Crippen LogP contribution in [0.5, 0.6) is 0 Å². The summed E-state index contributed by atoms with van der Waals surface area (Å²) in [6.07, 6.45) is 7.02. The standard InChI is InChI=1S/C24H22N4/c1-16-6-10-18(11-7-16)14-20-4-3-5-21-22(20)27-24-25-15-26-28(24)23(21)19-12-8-17(2)9-13-19/h6-15H,3-5H2,1-2H3/b20-14-. The van der Waals surface area contributed by atoms with Crippen molar-refractivity contribution in [2.75, 3.05) is 0 Å². The summed E-state index contributed by atoms with van der Waals surface area (Å²) in [6.45, 7) is 4.23. The largest absolute Gasteiger partial charge is 0.253 e. The van der Waals surface area contributed by atoms with Crippen molar-refractivity contribution in [1.29, 1.82) is 0 Å². The minimum atomic E-state index is 0.658. The van der Waals surface area contributed by atoms with E-state index in [0.717, 1.165) is 36.2 Å². The van der Waals surface area contributed by atoms with Gasteiger partial charge in [0.15, 0.2) is 0 Å². The Balaban J connectivity index is 1.73. The van der Waals surface area contributed by atoms with Crippen molar-refractivity contribution in [3.05, 3.63) is 82.8 Å². The van der Waals surface area contributed by atoms with E-state index in [9.17, 15) is 0 Å². The van der Waals surface area contributed by atoms with Crippen LogP contribution < -0.4 is 0 Å². The first-order chi connectivity index (χ1) is 13.7. The third kappa shape index (κ3) is 2.91. The summed E-state index contributed by atoms with van der Waals surface area (Å²) in [5.41, 5.74) is 9.65. The topological polar surface area (TPSA) is 43.1 Å². The van der Waals surface area contributed by atoms with Crippen molar-refractivity contribution in [2.45, 2.75) is 33.1 Å². The lowest BCUT2D eigenvalue weighted by Crippen LogP contribution is -2.11. The summed E-state index contributed by atoms with van der Waals surface area (Å²) in [6, 6.07) is 17.3. The molecule has 0 saturated heterocycles. The number of nitrogens with zero attached hydrogens (tertiary/aromatic N) is 4. The van der Waals surface area contributed by atoms with E-state index in [1.54, 1.807) is 6.33 Å². The van der Waals surface area contributed by atoms with Crippen LogP contribution in [0.4, 0.5) is 0 Å². The van der Waals surface area contributed by atoms with Crippen molar-refractivity contribution < 1.29 is 0 Å². The Bertz CT molecular complexity index is 1180. The Hall–Kier alpha value is -3.27. The first-order valence-corrected chi connectivity index (χ1v) is 9.76. The molecule has 4 aromatic rings. The van der Waals surface area contributed by atoms with E-state index in [4.69, 9.17) is 4.98 Å². The van der Waals surface area contributed by atoms with Crippen LogP contribution in [0.25, 0.3) is 28.7 Å². The average molecular weight is 366 g/mol. The summed E-state index contributed by atoms with van der Waals surface area (Å²) in [4.78, 5) is 9.29. The molecule has 4 nitrogen and oxygen atoms in total. The van der Waals surface area contributed by atoms with Crippen LogP contribution in [0.1, 0.15) is 40.8 Å². The van der Waals surface area contributed by atoms with E-state index in [2.05, 4.69) is 78.5 Å². The number of hydrogen-bond acceptors (Lipinski definition) is 3. The van der Waals surface area contributed by atoms with Crippen LogP contribution in [-0.4, -0.2) is 19.6 Å². The summed E-state index contributed by atoms with van der Waals surface area (Å²) in [7, 11) is 0. The predicted molar refractivity (Wildman–Crippen MR) is 113 cm³/mol. The third-order valence-electron chi connectivity index (χ3n) is 5.45. The molecule has 4 heteroatoms. The van der Waals surface area contributed by atoms with Crippen LogP contribution in [0.15, 0.2) is 54.9 Å². The first kappa shape index (κ1) is 16.9. The maximum atomic E-state index is 4.90. The molecule has 0 unspecified atom stereocenters. The van der Waals surface area contributed by atoms with Crippen molar-refractivity contribution in [3.63, 3.8) is 0 Å². The summed E-state index contributed by atoms with van der Waals surface area (Å²) in [5, 5.41) is 4.47. The Kier molecular flexibility index (Phi) is 4.05. The minimum Gasteiger partial charge on any atom is -0.211 e. The van der Waals surface area contributed by atoms with Gasteiger partial charge in [-0.1, -0.05) is 59.7 Å². The van der Waals surface area contributed by atoms with Crippen LogP contribution in [0.2, 0.25) is 0 Å². The highest BCUT2D eigenvalue weighted by Gasteiger charge is 2.23. The molecule has 2 aromatic heterocycles. The lowest BCUT2D eigenvalue weighted by Gasteiger charge is -2.22. The van der Waals surface area contributed by atoms with Gasteiger partial charge in [0.25, 0.3) is 5.78 Å². The molecule has 2 aromatic carbocycles. The molecule has 0 amide bonds. The monoisotopic (exact) mass is 366 g/mol. The van der Waals surface area contributed by atoms with Crippen molar-refractivity contribution in [3.8, 4) is 11.3 Å². The van der Waals surface area contributed by atoms with E-state index < -0.39 is 0 Å². The van der Waals surface area contributed by atoms with Crippen LogP contribution >= 0.6 is 0 Å². The van der Waals surface area contributed by atoms with Gasteiger partial charge in [0.2, 0.25) is 0 Å². The van der Waals surface area contributed by atoms with Gasteiger partial charge >= 0.3 is 0 Å². The molecule has 0 radical (unpaired) electrons. The SMILES string of the molecule is Cc1ccc(/C=C2/CCCc3c2nc2ncnn2c3-c2ccc(C)cc2)cc1. The molecule has 2 heterocycles. The number of hydrogen-bond donors (Lipinski definition) is 0. The number of aryl methyl sites for hydroxylation is 2. The number of aromatic nitrogens is 4. The lowest BCUT2D eigenvalue weighted by molar-refractivity contribution is 0.792. The third-order valence-corrected chi connectivity index (χ3v) is 5.45.